The van der Waals surface area contributed by atoms with Gasteiger partial charge in [-0.1, -0.05) is 31.0 Å². The first kappa shape index (κ1) is 18.2. The first-order valence-corrected chi connectivity index (χ1v) is 12.2. The monoisotopic (exact) mass is 388 g/mol. The number of thiazole rings is 1. The summed E-state index contributed by atoms with van der Waals surface area (Å²) in [5.74, 6) is 0.769. The number of aromatic nitrogens is 1. The predicted octanol–water partition coefficient (Wildman–Crippen LogP) is 2.89. The van der Waals surface area contributed by atoms with Crippen LogP contribution in [0.5, 0.6) is 0 Å². The molecule has 1 aliphatic heterocycles. The van der Waals surface area contributed by atoms with Crippen molar-refractivity contribution in [2.24, 2.45) is 0 Å². The fourth-order valence-electron chi connectivity index (χ4n) is 3.66. The molecular weight excluding hydrogens is 364 g/mol. The van der Waals surface area contributed by atoms with E-state index in [9.17, 15) is 13.2 Å². The van der Waals surface area contributed by atoms with Gasteiger partial charge in [0.15, 0.2) is 14.2 Å². The average Bonchev–Trinajstić information content (AvgIpc) is 3.12. The molecule has 0 aromatic carbocycles. The Balaban J connectivity index is 1.69. The summed E-state index contributed by atoms with van der Waals surface area (Å²) in [7, 11) is -2.99. The SMILES string of the molecule is Cc1csc(SCC(=O)N(C2CCCCC2)[C@@H]2CCS(=O)(=O)C2)n1. The largest absolute Gasteiger partial charge is 0.335 e. The molecule has 0 unspecified atom stereocenters. The van der Waals surface area contributed by atoms with E-state index in [0.29, 0.717) is 12.2 Å². The molecule has 3 rings (SSSR count). The van der Waals surface area contributed by atoms with Gasteiger partial charge >= 0.3 is 0 Å². The highest BCUT2D eigenvalue weighted by atomic mass is 32.2. The molecule has 2 aliphatic rings. The van der Waals surface area contributed by atoms with Crippen LogP contribution in [0.3, 0.4) is 0 Å². The van der Waals surface area contributed by atoms with Crippen LogP contribution in [-0.2, 0) is 14.6 Å². The maximum atomic E-state index is 12.9. The molecule has 1 aromatic heterocycles. The Morgan fingerprint density at radius 3 is 2.62 bits per heavy atom. The molecule has 24 heavy (non-hydrogen) atoms. The number of aryl methyl sites for hydroxylation is 1. The van der Waals surface area contributed by atoms with Crippen LogP contribution in [0, 0.1) is 6.92 Å². The van der Waals surface area contributed by atoms with Gasteiger partial charge in [0.2, 0.25) is 5.91 Å². The summed E-state index contributed by atoms with van der Waals surface area (Å²) < 4.78 is 24.7. The topological polar surface area (TPSA) is 67.3 Å². The van der Waals surface area contributed by atoms with Crippen molar-refractivity contribution in [1.29, 1.82) is 0 Å². The van der Waals surface area contributed by atoms with E-state index >= 15 is 0 Å². The van der Waals surface area contributed by atoms with Crippen molar-refractivity contribution in [3.05, 3.63) is 11.1 Å². The number of rotatable bonds is 5. The summed E-state index contributed by atoms with van der Waals surface area (Å²) in [5, 5.41) is 1.98. The molecule has 1 saturated heterocycles. The zero-order valence-electron chi connectivity index (χ0n) is 13.9. The van der Waals surface area contributed by atoms with Crippen molar-refractivity contribution in [1.82, 2.24) is 9.88 Å². The van der Waals surface area contributed by atoms with Crippen LogP contribution in [0.2, 0.25) is 0 Å². The van der Waals surface area contributed by atoms with E-state index in [1.54, 1.807) is 11.3 Å². The van der Waals surface area contributed by atoms with Crippen molar-refractivity contribution < 1.29 is 13.2 Å². The second kappa shape index (κ2) is 7.74. The lowest BCUT2D eigenvalue weighted by Gasteiger charge is -2.38. The third-order valence-corrected chi connectivity index (χ3v) is 8.65. The molecule has 0 N–H and O–H groups in total. The molecule has 1 aliphatic carbocycles. The number of nitrogens with zero attached hydrogens (tertiary/aromatic N) is 2. The molecule has 0 spiro atoms. The number of carbonyl (C=O) groups is 1. The van der Waals surface area contributed by atoms with Crippen molar-refractivity contribution in [2.75, 3.05) is 17.3 Å². The van der Waals surface area contributed by atoms with Crippen molar-refractivity contribution in [3.63, 3.8) is 0 Å². The van der Waals surface area contributed by atoms with Crippen LogP contribution in [-0.4, -0.2) is 53.6 Å². The van der Waals surface area contributed by atoms with Crippen molar-refractivity contribution in [3.8, 4) is 0 Å². The summed E-state index contributed by atoms with van der Waals surface area (Å²) in [6, 6.07) is 0.0763. The van der Waals surface area contributed by atoms with Gasteiger partial charge < -0.3 is 4.90 Å². The quantitative estimate of drug-likeness (QED) is 0.726. The van der Waals surface area contributed by atoms with Crippen LogP contribution in [0.1, 0.15) is 44.2 Å². The summed E-state index contributed by atoms with van der Waals surface area (Å²) in [4.78, 5) is 19.2. The molecule has 5 nitrogen and oxygen atoms in total. The number of sulfone groups is 1. The lowest BCUT2D eigenvalue weighted by atomic mass is 9.93. The molecule has 2 fully saturated rings. The Labute approximate surface area is 152 Å². The Hall–Kier alpha value is -0.600. The highest BCUT2D eigenvalue weighted by molar-refractivity contribution is 8.01. The first-order chi connectivity index (χ1) is 11.4. The van der Waals surface area contributed by atoms with E-state index < -0.39 is 9.84 Å². The van der Waals surface area contributed by atoms with E-state index in [-0.39, 0.29) is 29.5 Å². The van der Waals surface area contributed by atoms with Gasteiger partial charge in [-0.2, -0.15) is 0 Å². The summed E-state index contributed by atoms with van der Waals surface area (Å²) in [6.45, 7) is 1.94. The Bertz CT molecular complexity index is 680. The minimum Gasteiger partial charge on any atom is -0.335 e. The number of hydrogen-bond donors (Lipinski definition) is 0. The molecule has 1 atom stereocenters. The second-order valence-electron chi connectivity index (χ2n) is 6.69. The normalized spacial score (nSPS) is 24.1. The van der Waals surface area contributed by atoms with Gasteiger partial charge in [-0.25, -0.2) is 13.4 Å². The molecule has 134 valence electrons. The second-order valence-corrected chi connectivity index (χ2v) is 11.0. The van der Waals surface area contributed by atoms with Gasteiger partial charge in [-0.15, -0.1) is 11.3 Å². The molecule has 0 radical (unpaired) electrons. The van der Waals surface area contributed by atoms with E-state index in [4.69, 9.17) is 0 Å². The highest BCUT2D eigenvalue weighted by Gasteiger charge is 2.38. The fraction of sp³-hybridized carbons (Fsp3) is 0.750. The van der Waals surface area contributed by atoms with Gasteiger partial charge in [0.1, 0.15) is 0 Å². The summed E-state index contributed by atoms with van der Waals surface area (Å²) >= 11 is 3.02. The van der Waals surface area contributed by atoms with Crippen LogP contribution >= 0.6 is 23.1 Å². The maximum absolute atomic E-state index is 12.9. The lowest BCUT2D eigenvalue weighted by Crippen LogP contribution is -2.49. The lowest BCUT2D eigenvalue weighted by molar-refractivity contribution is -0.133. The number of carbonyl (C=O) groups excluding carboxylic acids is 1. The van der Waals surface area contributed by atoms with E-state index in [0.717, 1.165) is 35.7 Å². The van der Waals surface area contributed by atoms with Gasteiger partial charge in [-0.05, 0) is 26.2 Å². The zero-order valence-corrected chi connectivity index (χ0v) is 16.4. The van der Waals surface area contributed by atoms with Crippen LogP contribution < -0.4 is 0 Å². The van der Waals surface area contributed by atoms with Gasteiger partial charge in [-0.3, -0.25) is 4.79 Å². The minimum atomic E-state index is -2.99. The van der Waals surface area contributed by atoms with Gasteiger partial charge in [0.05, 0.1) is 17.3 Å². The van der Waals surface area contributed by atoms with E-state index in [1.165, 1.54) is 18.2 Å². The average molecular weight is 389 g/mol. The number of thioether (sulfide) groups is 1. The van der Waals surface area contributed by atoms with Crippen LogP contribution in [0.4, 0.5) is 0 Å². The fourth-order valence-corrected chi connectivity index (χ4v) is 7.09. The zero-order chi connectivity index (χ0) is 17.2. The molecule has 1 amide bonds. The summed E-state index contributed by atoms with van der Waals surface area (Å²) in [6.07, 6.45) is 6.08. The van der Waals surface area contributed by atoms with E-state index in [2.05, 4.69) is 4.98 Å². The van der Waals surface area contributed by atoms with E-state index in [1.807, 2.05) is 17.2 Å². The first-order valence-electron chi connectivity index (χ1n) is 8.51. The number of hydrogen-bond acceptors (Lipinski definition) is 6. The molecule has 1 aromatic rings. The molecule has 1 saturated carbocycles. The standard InChI is InChI=1S/C16H24N2O3S3/c1-12-9-22-16(17-12)23-10-15(19)18(13-5-3-2-4-6-13)14-7-8-24(20,21)11-14/h9,13-14H,2-8,10-11H2,1H3/t14-/m1/s1. The Morgan fingerprint density at radius 1 is 1.29 bits per heavy atom. The molecule has 2 heterocycles. The smallest absolute Gasteiger partial charge is 0.233 e. The van der Waals surface area contributed by atoms with Crippen LogP contribution in [0.25, 0.3) is 0 Å². The highest BCUT2D eigenvalue weighted by Crippen LogP contribution is 2.30. The minimum absolute atomic E-state index is 0.0712. The number of amides is 1. The van der Waals surface area contributed by atoms with Crippen LogP contribution in [0.15, 0.2) is 9.72 Å². The predicted molar refractivity (Wildman–Crippen MR) is 98.4 cm³/mol. The molecule has 0 bridgehead atoms. The third-order valence-electron chi connectivity index (χ3n) is 4.77. The Kier molecular flexibility index (Phi) is 5.87. The van der Waals surface area contributed by atoms with Gasteiger partial charge in [0.25, 0.3) is 0 Å². The van der Waals surface area contributed by atoms with Crippen molar-refractivity contribution >= 4 is 38.8 Å². The summed E-state index contributed by atoms with van der Waals surface area (Å²) in [5.41, 5.74) is 0.973. The maximum Gasteiger partial charge on any atom is 0.233 e. The Morgan fingerprint density at radius 2 is 2.04 bits per heavy atom. The molecular formula is C16H24N2O3S3. The van der Waals surface area contributed by atoms with Gasteiger partial charge in [0, 0.05) is 23.2 Å². The van der Waals surface area contributed by atoms with Crippen molar-refractivity contribution in [2.45, 2.75) is 61.9 Å². The molecule has 8 heteroatoms. The third kappa shape index (κ3) is 4.52.